The smallest absolute Gasteiger partial charge is 0.239 e. The van der Waals surface area contributed by atoms with Crippen molar-refractivity contribution in [2.45, 2.75) is 39.0 Å². The third-order valence-electron chi connectivity index (χ3n) is 2.57. The van der Waals surface area contributed by atoms with E-state index in [1.807, 2.05) is 13.8 Å². The van der Waals surface area contributed by atoms with Crippen LogP contribution in [-0.4, -0.2) is 31.4 Å². The number of benzene rings is 1. The van der Waals surface area contributed by atoms with Crippen LogP contribution in [0.15, 0.2) is 24.3 Å². The molecule has 0 aliphatic heterocycles. The van der Waals surface area contributed by atoms with Gasteiger partial charge in [0.15, 0.2) is 9.84 Å². The van der Waals surface area contributed by atoms with E-state index in [9.17, 15) is 13.2 Å². The van der Waals surface area contributed by atoms with Crippen LogP contribution in [0.2, 0.25) is 0 Å². The minimum Gasteiger partial charge on any atom is -0.489 e. The Hall–Kier alpha value is -1.56. The van der Waals surface area contributed by atoms with Crippen molar-refractivity contribution in [2.24, 2.45) is 0 Å². The van der Waals surface area contributed by atoms with E-state index in [0.29, 0.717) is 11.4 Å². The second kappa shape index (κ2) is 6.74. The molecule has 5 nitrogen and oxygen atoms in total. The molecule has 1 N–H and O–H groups in total. The molecule has 6 heteroatoms. The van der Waals surface area contributed by atoms with Gasteiger partial charge in [0.1, 0.15) is 11.5 Å². The summed E-state index contributed by atoms with van der Waals surface area (Å²) in [6, 6.07) is 6.95. The Kier molecular flexibility index (Phi) is 5.56. The summed E-state index contributed by atoms with van der Waals surface area (Å²) in [6.07, 6.45) is -0.0348. The fourth-order valence-electron chi connectivity index (χ4n) is 1.46. The molecule has 0 heterocycles. The molecule has 112 valence electrons. The molecule has 0 aliphatic carbocycles. The lowest BCUT2D eigenvalue weighted by Gasteiger charge is -2.15. The largest absolute Gasteiger partial charge is 0.489 e. The maximum Gasteiger partial charge on any atom is 0.239 e. The number of amides is 1. The number of carbonyl (C=O) groups is 1. The normalized spacial score (nSPS) is 11.7. The number of carbonyl (C=O) groups excluding carboxylic acids is 1. The molecular weight excluding hydrogens is 278 g/mol. The topological polar surface area (TPSA) is 72.5 Å². The summed E-state index contributed by atoms with van der Waals surface area (Å²) in [7, 11) is -3.41. The van der Waals surface area contributed by atoms with Crippen LogP contribution in [0, 0.1) is 0 Å². The highest BCUT2D eigenvalue weighted by Crippen LogP contribution is 2.24. The van der Waals surface area contributed by atoms with Gasteiger partial charge in [0.05, 0.1) is 17.0 Å². The number of hydrogen-bond donors (Lipinski definition) is 1. The van der Waals surface area contributed by atoms with Gasteiger partial charge in [0.2, 0.25) is 5.91 Å². The number of sulfone groups is 1. The molecule has 1 aromatic carbocycles. The van der Waals surface area contributed by atoms with Crippen LogP contribution in [0.5, 0.6) is 5.75 Å². The van der Waals surface area contributed by atoms with Gasteiger partial charge in [0.25, 0.3) is 0 Å². The molecule has 1 aromatic rings. The molecule has 0 radical (unpaired) electrons. The number of para-hydroxylation sites is 2. The van der Waals surface area contributed by atoms with Crippen molar-refractivity contribution in [3.05, 3.63) is 24.3 Å². The minimum atomic E-state index is -3.41. The van der Waals surface area contributed by atoms with Crippen molar-refractivity contribution >= 4 is 21.4 Å². The van der Waals surface area contributed by atoms with Gasteiger partial charge < -0.3 is 10.1 Å². The third-order valence-corrected chi connectivity index (χ3v) is 4.68. The number of hydrogen-bond acceptors (Lipinski definition) is 4. The second-order valence-electron chi connectivity index (χ2n) is 5.07. The standard InChI is InChI=1S/C14H21NO4S/c1-10(2)19-13-8-6-5-7-12(13)15-14(16)9-20(17,18)11(3)4/h5-8,10-11H,9H2,1-4H3,(H,15,16). The Morgan fingerprint density at radius 3 is 2.35 bits per heavy atom. The third kappa shape index (κ3) is 4.85. The van der Waals surface area contributed by atoms with Gasteiger partial charge >= 0.3 is 0 Å². The number of anilines is 1. The quantitative estimate of drug-likeness (QED) is 0.874. The summed E-state index contributed by atoms with van der Waals surface area (Å²) >= 11 is 0. The molecule has 20 heavy (non-hydrogen) atoms. The van der Waals surface area contributed by atoms with Gasteiger partial charge in [-0.1, -0.05) is 12.1 Å². The Balaban J connectivity index is 2.81. The predicted octanol–water partition coefficient (Wildman–Crippen LogP) is 2.24. The highest BCUT2D eigenvalue weighted by Gasteiger charge is 2.21. The first-order valence-corrected chi connectivity index (χ1v) is 8.21. The van der Waals surface area contributed by atoms with Crippen molar-refractivity contribution in [1.29, 1.82) is 0 Å². The molecule has 0 saturated carbocycles. The molecule has 0 aliphatic rings. The molecule has 0 atom stereocenters. The Morgan fingerprint density at radius 1 is 1.20 bits per heavy atom. The van der Waals surface area contributed by atoms with Crippen molar-refractivity contribution in [3.8, 4) is 5.75 Å². The number of nitrogens with one attached hydrogen (secondary N) is 1. The van der Waals surface area contributed by atoms with Crippen LogP contribution in [0.25, 0.3) is 0 Å². The van der Waals surface area contributed by atoms with Crippen LogP contribution in [0.1, 0.15) is 27.7 Å². The summed E-state index contributed by atoms with van der Waals surface area (Å²) in [5, 5.41) is 2.01. The van der Waals surface area contributed by atoms with Crippen molar-refractivity contribution in [2.75, 3.05) is 11.1 Å². The zero-order valence-corrected chi connectivity index (χ0v) is 13.0. The van der Waals surface area contributed by atoms with Gasteiger partial charge in [-0.3, -0.25) is 4.79 Å². The number of ether oxygens (including phenoxy) is 1. The second-order valence-corrected chi connectivity index (χ2v) is 7.62. The van der Waals surface area contributed by atoms with E-state index in [-0.39, 0.29) is 6.10 Å². The summed E-state index contributed by atoms with van der Waals surface area (Å²) in [5.74, 6) is -0.558. The van der Waals surface area contributed by atoms with E-state index in [4.69, 9.17) is 4.74 Å². The average molecular weight is 299 g/mol. The van der Waals surface area contributed by atoms with E-state index in [2.05, 4.69) is 5.32 Å². The van der Waals surface area contributed by atoms with Gasteiger partial charge in [0, 0.05) is 0 Å². The molecule has 0 saturated heterocycles. The van der Waals surface area contributed by atoms with E-state index in [1.165, 1.54) is 0 Å². The van der Waals surface area contributed by atoms with E-state index in [1.54, 1.807) is 38.1 Å². The maximum atomic E-state index is 11.8. The fourth-order valence-corrected chi connectivity index (χ4v) is 2.23. The molecule has 0 fully saturated rings. The molecule has 0 aromatic heterocycles. The molecule has 0 spiro atoms. The highest BCUT2D eigenvalue weighted by molar-refractivity contribution is 7.92. The molecule has 0 bridgehead atoms. The van der Waals surface area contributed by atoms with Gasteiger partial charge in [-0.05, 0) is 39.8 Å². The monoisotopic (exact) mass is 299 g/mol. The van der Waals surface area contributed by atoms with Crippen LogP contribution < -0.4 is 10.1 Å². The predicted molar refractivity (Wildman–Crippen MR) is 79.8 cm³/mol. The van der Waals surface area contributed by atoms with E-state index in [0.717, 1.165) is 0 Å². The first-order valence-electron chi connectivity index (χ1n) is 6.49. The zero-order chi connectivity index (χ0) is 15.3. The van der Waals surface area contributed by atoms with E-state index < -0.39 is 26.7 Å². The molecular formula is C14H21NO4S. The van der Waals surface area contributed by atoms with Crippen LogP contribution in [0.4, 0.5) is 5.69 Å². The van der Waals surface area contributed by atoms with Crippen molar-refractivity contribution in [3.63, 3.8) is 0 Å². The lowest BCUT2D eigenvalue weighted by molar-refractivity contribution is -0.113. The van der Waals surface area contributed by atoms with Crippen molar-refractivity contribution in [1.82, 2.24) is 0 Å². The van der Waals surface area contributed by atoms with Gasteiger partial charge in [-0.25, -0.2) is 8.42 Å². The minimum absolute atomic E-state index is 0.0348. The Labute approximate surface area is 120 Å². The first kappa shape index (κ1) is 16.5. The molecule has 1 amide bonds. The fraction of sp³-hybridized carbons (Fsp3) is 0.500. The zero-order valence-electron chi connectivity index (χ0n) is 12.2. The lowest BCUT2D eigenvalue weighted by Crippen LogP contribution is -2.28. The average Bonchev–Trinajstić information content (AvgIpc) is 2.30. The Morgan fingerprint density at radius 2 is 1.80 bits per heavy atom. The summed E-state index contributed by atoms with van der Waals surface area (Å²) in [6.45, 7) is 6.86. The SMILES string of the molecule is CC(C)Oc1ccccc1NC(=O)CS(=O)(=O)C(C)C. The Bertz CT molecular complexity index is 564. The number of rotatable bonds is 6. The lowest BCUT2D eigenvalue weighted by atomic mass is 10.3. The maximum absolute atomic E-state index is 11.8. The van der Waals surface area contributed by atoms with Crippen LogP contribution in [0.3, 0.4) is 0 Å². The molecule has 1 rings (SSSR count). The van der Waals surface area contributed by atoms with Gasteiger partial charge in [-0.15, -0.1) is 0 Å². The van der Waals surface area contributed by atoms with Crippen LogP contribution in [-0.2, 0) is 14.6 Å². The van der Waals surface area contributed by atoms with Crippen molar-refractivity contribution < 1.29 is 17.9 Å². The van der Waals surface area contributed by atoms with Crippen LogP contribution >= 0.6 is 0 Å². The molecule has 0 unspecified atom stereocenters. The first-order chi connectivity index (χ1) is 9.22. The summed E-state index contributed by atoms with van der Waals surface area (Å²) < 4.78 is 29.0. The summed E-state index contributed by atoms with van der Waals surface area (Å²) in [4.78, 5) is 11.8. The van der Waals surface area contributed by atoms with E-state index >= 15 is 0 Å². The highest BCUT2D eigenvalue weighted by atomic mass is 32.2. The summed E-state index contributed by atoms with van der Waals surface area (Å²) in [5.41, 5.74) is 0.477. The van der Waals surface area contributed by atoms with Gasteiger partial charge in [-0.2, -0.15) is 0 Å².